The first-order valence-electron chi connectivity index (χ1n) is 10.5. The van der Waals surface area contributed by atoms with Crippen molar-refractivity contribution in [3.63, 3.8) is 0 Å². The van der Waals surface area contributed by atoms with E-state index in [-0.39, 0.29) is 11.9 Å². The fourth-order valence-corrected chi connectivity index (χ4v) is 3.73. The van der Waals surface area contributed by atoms with Gasteiger partial charge in [0, 0.05) is 32.7 Å². The molecular formula is C24H33N3O2. The van der Waals surface area contributed by atoms with E-state index >= 15 is 0 Å². The molecule has 1 aliphatic rings. The van der Waals surface area contributed by atoms with E-state index < -0.39 is 0 Å². The van der Waals surface area contributed by atoms with Crippen LogP contribution < -0.4 is 10.1 Å². The SMILES string of the molecule is COc1ccccc1NC(=O)[C@@H](C)N1CCN(Cc2ccc(C(C)C)cc2)CC1. The third-order valence-electron chi connectivity index (χ3n) is 5.75. The molecule has 2 aromatic rings. The van der Waals surface area contributed by atoms with Crippen molar-refractivity contribution in [2.24, 2.45) is 0 Å². The smallest absolute Gasteiger partial charge is 0.241 e. The molecule has 0 saturated carbocycles. The molecule has 1 saturated heterocycles. The zero-order chi connectivity index (χ0) is 20.8. The average Bonchev–Trinajstić information content (AvgIpc) is 2.74. The number of carbonyl (C=O) groups excluding carboxylic acids is 1. The lowest BCUT2D eigenvalue weighted by Gasteiger charge is -2.37. The summed E-state index contributed by atoms with van der Waals surface area (Å²) in [6.07, 6.45) is 0. The van der Waals surface area contributed by atoms with Crippen molar-refractivity contribution in [1.29, 1.82) is 0 Å². The number of methoxy groups -OCH3 is 1. The highest BCUT2D eigenvalue weighted by molar-refractivity contribution is 5.95. The number of anilines is 1. The van der Waals surface area contributed by atoms with E-state index in [0.29, 0.717) is 11.7 Å². The predicted molar refractivity (Wildman–Crippen MR) is 118 cm³/mol. The molecule has 5 nitrogen and oxygen atoms in total. The molecule has 1 N–H and O–H groups in total. The minimum absolute atomic E-state index is 0.00669. The van der Waals surface area contributed by atoms with Gasteiger partial charge in [-0.05, 0) is 36.1 Å². The highest BCUT2D eigenvalue weighted by atomic mass is 16.5. The van der Waals surface area contributed by atoms with Crippen LogP contribution in [0.1, 0.15) is 37.8 Å². The molecule has 0 radical (unpaired) electrons. The third kappa shape index (κ3) is 5.58. The van der Waals surface area contributed by atoms with E-state index in [1.807, 2.05) is 31.2 Å². The second-order valence-electron chi connectivity index (χ2n) is 8.07. The molecule has 0 aromatic heterocycles. The van der Waals surface area contributed by atoms with Crippen LogP contribution in [0.25, 0.3) is 0 Å². The maximum absolute atomic E-state index is 12.7. The first kappa shape index (κ1) is 21.3. The van der Waals surface area contributed by atoms with E-state index in [1.54, 1.807) is 7.11 Å². The van der Waals surface area contributed by atoms with Crippen molar-refractivity contribution in [3.8, 4) is 5.75 Å². The molecule has 1 fully saturated rings. The zero-order valence-corrected chi connectivity index (χ0v) is 18.0. The van der Waals surface area contributed by atoms with Gasteiger partial charge in [0.2, 0.25) is 5.91 Å². The molecule has 1 heterocycles. The Bertz CT molecular complexity index is 796. The topological polar surface area (TPSA) is 44.8 Å². The van der Waals surface area contributed by atoms with Gasteiger partial charge in [0.25, 0.3) is 0 Å². The number of amides is 1. The molecule has 2 aromatic carbocycles. The van der Waals surface area contributed by atoms with Crippen LogP contribution in [0.2, 0.25) is 0 Å². The number of nitrogens with zero attached hydrogens (tertiary/aromatic N) is 2. The number of ether oxygens (including phenoxy) is 1. The standard InChI is InChI=1S/C24H33N3O2/c1-18(2)21-11-9-20(10-12-21)17-26-13-15-27(16-14-26)19(3)24(28)25-22-7-5-6-8-23(22)29-4/h5-12,18-19H,13-17H2,1-4H3,(H,25,28)/t19-/m1/s1. The van der Waals surface area contributed by atoms with Crippen LogP contribution >= 0.6 is 0 Å². The summed E-state index contributed by atoms with van der Waals surface area (Å²) in [4.78, 5) is 17.4. The Balaban J connectivity index is 1.49. The molecule has 156 valence electrons. The van der Waals surface area contributed by atoms with Crippen molar-refractivity contribution in [3.05, 3.63) is 59.7 Å². The minimum atomic E-state index is -0.174. The molecule has 5 heteroatoms. The molecule has 3 rings (SSSR count). The maximum Gasteiger partial charge on any atom is 0.241 e. The average molecular weight is 396 g/mol. The lowest BCUT2D eigenvalue weighted by Crippen LogP contribution is -2.52. The number of carbonyl (C=O) groups is 1. The second-order valence-corrected chi connectivity index (χ2v) is 8.07. The van der Waals surface area contributed by atoms with Crippen molar-refractivity contribution >= 4 is 11.6 Å². The minimum Gasteiger partial charge on any atom is -0.495 e. The predicted octanol–water partition coefficient (Wildman–Crippen LogP) is 3.96. The summed E-state index contributed by atoms with van der Waals surface area (Å²) in [5.41, 5.74) is 3.45. The van der Waals surface area contributed by atoms with E-state index in [1.165, 1.54) is 11.1 Å². The molecule has 0 aliphatic carbocycles. The van der Waals surface area contributed by atoms with Gasteiger partial charge < -0.3 is 10.1 Å². The molecule has 1 amide bonds. The van der Waals surface area contributed by atoms with Gasteiger partial charge in [0.15, 0.2) is 0 Å². The third-order valence-corrected chi connectivity index (χ3v) is 5.75. The van der Waals surface area contributed by atoms with Gasteiger partial charge in [-0.15, -0.1) is 0 Å². The number of rotatable bonds is 7. The van der Waals surface area contributed by atoms with Gasteiger partial charge in [-0.2, -0.15) is 0 Å². The summed E-state index contributed by atoms with van der Waals surface area (Å²) < 4.78 is 5.33. The number of nitrogens with one attached hydrogen (secondary N) is 1. The molecule has 1 atom stereocenters. The van der Waals surface area contributed by atoms with Crippen molar-refractivity contribution in [2.75, 3.05) is 38.6 Å². The van der Waals surface area contributed by atoms with E-state index in [2.05, 4.69) is 53.2 Å². The molecule has 0 spiro atoms. The van der Waals surface area contributed by atoms with Gasteiger partial charge in [-0.1, -0.05) is 50.2 Å². The highest BCUT2D eigenvalue weighted by Crippen LogP contribution is 2.23. The van der Waals surface area contributed by atoms with Crippen LogP contribution in [0.15, 0.2) is 48.5 Å². The Labute approximate surface area is 174 Å². The molecular weight excluding hydrogens is 362 g/mol. The van der Waals surface area contributed by atoms with Crippen LogP contribution in [-0.2, 0) is 11.3 Å². The van der Waals surface area contributed by atoms with Crippen molar-refractivity contribution in [2.45, 2.75) is 39.3 Å². The van der Waals surface area contributed by atoms with Gasteiger partial charge in [0.1, 0.15) is 5.75 Å². The van der Waals surface area contributed by atoms with Gasteiger partial charge in [-0.25, -0.2) is 0 Å². The Morgan fingerprint density at radius 3 is 2.28 bits per heavy atom. The first-order chi connectivity index (χ1) is 14.0. The van der Waals surface area contributed by atoms with Gasteiger partial charge in [0.05, 0.1) is 18.8 Å². The largest absolute Gasteiger partial charge is 0.495 e. The van der Waals surface area contributed by atoms with E-state index in [9.17, 15) is 4.79 Å². The van der Waals surface area contributed by atoms with Gasteiger partial charge >= 0.3 is 0 Å². The van der Waals surface area contributed by atoms with Crippen molar-refractivity contribution in [1.82, 2.24) is 9.80 Å². The van der Waals surface area contributed by atoms with E-state index in [4.69, 9.17) is 4.74 Å². The fraction of sp³-hybridized carbons (Fsp3) is 0.458. The van der Waals surface area contributed by atoms with Crippen LogP contribution in [0.3, 0.4) is 0 Å². The molecule has 0 unspecified atom stereocenters. The Kier molecular flexibility index (Phi) is 7.29. The van der Waals surface area contributed by atoms with Crippen LogP contribution in [-0.4, -0.2) is 55.0 Å². The molecule has 29 heavy (non-hydrogen) atoms. The number of benzene rings is 2. The Morgan fingerprint density at radius 2 is 1.66 bits per heavy atom. The van der Waals surface area contributed by atoms with E-state index in [0.717, 1.165) is 38.4 Å². The normalized spacial score (nSPS) is 16.6. The first-order valence-corrected chi connectivity index (χ1v) is 10.5. The van der Waals surface area contributed by atoms with Crippen LogP contribution in [0.5, 0.6) is 5.75 Å². The molecule has 1 aliphatic heterocycles. The number of piperazine rings is 1. The summed E-state index contributed by atoms with van der Waals surface area (Å²) in [6, 6.07) is 16.3. The summed E-state index contributed by atoms with van der Waals surface area (Å²) in [6.45, 7) is 11.1. The highest BCUT2D eigenvalue weighted by Gasteiger charge is 2.26. The van der Waals surface area contributed by atoms with Crippen LogP contribution in [0.4, 0.5) is 5.69 Å². The second kappa shape index (κ2) is 9.90. The summed E-state index contributed by atoms with van der Waals surface area (Å²) in [5, 5.41) is 3.00. The van der Waals surface area contributed by atoms with Crippen molar-refractivity contribution < 1.29 is 9.53 Å². The summed E-state index contributed by atoms with van der Waals surface area (Å²) in [7, 11) is 1.62. The number of hydrogen-bond donors (Lipinski definition) is 1. The van der Waals surface area contributed by atoms with Gasteiger partial charge in [-0.3, -0.25) is 14.6 Å². The summed E-state index contributed by atoms with van der Waals surface area (Å²) in [5.74, 6) is 1.25. The lowest BCUT2D eigenvalue weighted by molar-refractivity contribution is -0.121. The van der Waals surface area contributed by atoms with Crippen LogP contribution in [0, 0.1) is 0 Å². The zero-order valence-electron chi connectivity index (χ0n) is 18.0. The fourth-order valence-electron chi connectivity index (χ4n) is 3.73. The molecule has 0 bridgehead atoms. The summed E-state index contributed by atoms with van der Waals surface area (Å²) >= 11 is 0. The Morgan fingerprint density at radius 1 is 1.00 bits per heavy atom. The number of hydrogen-bond acceptors (Lipinski definition) is 4. The quantitative estimate of drug-likeness (QED) is 0.771. The number of para-hydroxylation sites is 2. The Hall–Kier alpha value is -2.37. The lowest BCUT2D eigenvalue weighted by atomic mass is 10.0. The maximum atomic E-state index is 12.7. The monoisotopic (exact) mass is 395 g/mol.